The van der Waals surface area contributed by atoms with E-state index in [0.717, 1.165) is 25.9 Å². The van der Waals surface area contributed by atoms with Gasteiger partial charge in [-0.15, -0.1) is 6.42 Å². The Bertz CT molecular complexity index is 224. The van der Waals surface area contributed by atoms with Crippen molar-refractivity contribution in [3.05, 3.63) is 0 Å². The number of nitrogens with zero attached hydrogens (tertiary/aromatic N) is 1. The zero-order valence-electron chi connectivity index (χ0n) is 7.79. The summed E-state index contributed by atoms with van der Waals surface area (Å²) in [6, 6.07) is 0. The van der Waals surface area contributed by atoms with E-state index in [4.69, 9.17) is 6.42 Å². The van der Waals surface area contributed by atoms with Crippen LogP contribution in [0.2, 0.25) is 0 Å². The second kappa shape index (κ2) is 4.29. The van der Waals surface area contributed by atoms with Gasteiger partial charge in [-0.25, -0.2) is 0 Å². The van der Waals surface area contributed by atoms with Crippen LogP contribution >= 0.6 is 0 Å². The number of piperidine rings is 1. The van der Waals surface area contributed by atoms with Crippen LogP contribution in [0.4, 0.5) is 0 Å². The summed E-state index contributed by atoms with van der Waals surface area (Å²) in [6.45, 7) is 2.37. The second-order valence-electron chi connectivity index (χ2n) is 3.74. The predicted octanol–water partition coefficient (Wildman–Crippen LogP) is -0.630. The molecule has 0 aromatic carbocycles. The SMILES string of the molecule is C#CC[N+]1(CC(=O)[O-])CCCCC1. The van der Waals surface area contributed by atoms with Gasteiger partial charge in [0.15, 0.2) is 0 Å². The fourth-order valence-electron chi connectivity index (χ4n) is 2.02. The topological polar surface area (TPSA) is 40.1 Å². The Morgan fingerprint density at radius 1 is 1.38 bits per heavy atom. The van der Waals surface area contributed by atoms with Crippen molar-refractivity contribution in [2.75, 3.05) is 26.2 Å². The maximum atomic E-state index is 10.6. The van der Waals surface area contributed by atoms with Gasteiger partial charge < -0.3 is 14.4 Å². The molecule has 0 saturated carbocycles. The lowest BCUT2D eigenvalue weighted by Gasteiger charge is -2.40. The van der Waals surface area contributed by atoms with E-state index in [1.165, 1.54) is 6.42 Å². The van der Waals surface area contributed by atoms with E-state index in [9.17, 15) is 9.90 Å². The highest BCUT2D eigenvalue weighted by Gasteiger charge is 2.28. The van der Waals surface area contributed by atoms with Gasteiger partial charge >= 0.3 is 0 Å². The van der Waals surface area contributed by atoms with Crippen LogP contribution in [-0.2, 0) is 4.79 Å². The van der Waals surface area contributed by atoms with E-state index in [1.54, 1.807) is 0 Å². The number of carbonyl (C=O) groups is 1. The number of hydrogen-bond donors (Lipinski definition) is 0. The quantitative estimate of drug-likeness (QED) is 0.429. The lowest BCUT2D eigenvalue weighted by Crippen LogP contribution is -2.56. The van der Waals surface area contributed by atoms with Crippen molar-refractivity contribution in [2.45, 2.75) is 19.3 Å². The molecule has 72 valence electrons. The normalized spacial score (nSPS) is 20.5. The highest BCUT2D eigenvalue weighted by atomic mass is 16.4. The molecule has 0 bridgehead atoms. The van der Waals surface area contributed by atoms with Crippen LogP contribution in [0.25, 0.3) is 0 Å². The molecule has 0 atom stereocenters. The molecule has 3 nitrogen and oxygen atoms in total. The Balaban J connectivity index is 2.62. The van der Waals surface area contributed by atoms with Crippen LogP contribution in [0.15, 0.2) is 0 Å². The summed E-state index contributed by atoms with van der Waals surface area (Å²) in [5, 5.41) is 10.6. The molecule has 0 spiro atoms. The van der Waals surface area contributed by atoms with Crippen molar-refractivity contribution in [1.29, 1.82) is 0 Å². The minimum absolute atomic E-state index is 0.0736. The van der Waals surface area contributed by atoms with Crippen molar-refractivity contribution < 1.29 is 14.4 Å². The number of aliphatic carboxylic acids is 1. The predicted molar refractivity (Wildman–Crippen MR) is 47.4 cm³/mol. The van der Waals surface area contributed by atoms with Crippen LogP contribution in [0.5, 0.6) is 0 Å². The molecule has 0 radical (unpaired) electrons. The Morgan fingerprint density at radius 3 is 2.46 bits per heavy atom. The molecule has 1 rings (SSSR count). The van der Waals surface area contributed by atoms with E-state index in [-0.39, 0.29) is 6.54 Å². The van der Waals surface area contributed by atoms with Gasteiger partial charge in [0.25, 0.3) is 0 Å². The third-order valence-electron chi connectivity index (χ3n) is 2.66. The Morgan fingerprint density at radius 2 is 2.00 bits per heavy atom. The standard InChI is InChI=1S/C10H15NO2/c1-2-6-11(9-10(12)13)7-4-3-5-8-11/h1H,3-9H2. The first-order chi connectivity index (χ1) is 6.18. The Labute approximate surface area is 78.9 Å². The van der Waals surface area contributed by atoms with Gasteiger partial charge in [-0.05, 0) is 25.2 Å². The molecule has 1 saturated heterocycles. The molecule has 0 amide bonds. The largest absolute Gasteiger partial charge is 0.544 e. The van der Waals surface area contributed by atoms with Crippen LogP contribution in [-0.4, -0.2) is 36.6 Å². The van der Waals surface area contributed by atoms with Gasteiger partial charge in [0.1, 0.15) is 13.1 Å². The molecule has 0 aromatic heterocycles. The van der Waals surface area contributed by atoms with Gasteiger partial charge in [-0.3, -0.25) is 0 Å². The van der Waals surface area contributed by atoms with Crippen molar-refractivity contribution in [3.8, 4) is 12.3 Å². The fraction of sp³-hybridized carbons (Fsp3) is 0.700. The van der Waals surface area contributed by atoms with Crippen LogP contribution in [0, 0.1) is 12.3 Å². The maximum Gasteiger partial charge on any atom is 0.140 e. The minimum Gasteiger partial charge on any atom is -0.544 e. The molecule has 0 aliphatic carbocycles. The van der Waals surface area contributed by atoms with Crippen LogP contribution in [0.1, 0.15) is 19.3 Å². The molecule has 1 aliphatic heterocycles. The molecular weight excluding hydrogens is 166 g/mol. The van der Waals surface area contributed by atoms with Gasteiger partial charge in [0, 0.05) is 0 Å². The third kappa shape index (κ3) is 2.74. The summed E-state index contributed by atoms with van der Waals surface area (Å²) in [4.78, 5) is 10.6. The van der Waals surface area contributed by atoms with Crippen molar-refractivity contribution in [1.82, 2.24) is 0 Å². The van der Waals surface area contributed by atoms with Crippen LogP contribution < -0.4 is 5.11 Å². The fourth-order valence-corrected chi connectivity index (χ4v) is 2.02. The second-order valence-corrected chi connectivity index (χ2v) is 3.74. The average Bonchev–Trinajstić information content (AvgIpc) is 2.04. The molecule has 1 heterocycles. The maximum absolute atomic E-state index is 10.6. The summed E-state index contributed by atoms with van der Waals surface area (Å²) >= 11 is 0. The molecule has 0 unspecified atom stereocenters. The molecule has 3 heteroatoms. The Hall–Kier alpha value is -1.01. The van der Waals surface area contributed by atoms with Crippen LogP contribution in [0.3, 0.4) is 0 Å². The third-order valence-corrected chi connectivity index (χ3v) is 2.66. The average molecular weight is 181 g/mol. The number of terminal acetylenes is 1. The van der Waals surface area contributed by atoms with E-state index in [0.29, 0.717) is 11.0 Å². The number of quaternary nitrogens is 1. The summed E-state index contributed by atoms with van der Waals surface area (Å²) in [5.74, 6) is 1.58. The smallest absolute Gasteiger partial charge is 0.140 e. The van der Waals surface area contributed by atoms with Gasteiger partial charge in [0.2, 0.25) is 0 Å². The number of carboxylic acids is 1. The lowest BCUT2D eigenvalue weighted by molar-refractivity contribution is -0.920. The zero-order chi connectivity index (χ0) is 9.73. The highest BCUT2D eigenvalue weighted by molar-refractivity contribution is 5.65. The molecule has 1 fully saturated rings. The molecule has 0 aromatic rings. The van der Waals surface area contributed by atoms with Gasteiger partial charge in [-0.1, -0.05) is 0 Å². The monoisotopic (exact) mass is 181 g/mol. The summed E-state index contributed by atoms with van der Waals surface area (Å²) in [5.41, 5.74) is 0. The van der Waals surface area contributed by atoms with E-state index < -0.39 is 5.97 Å². The molecule has 1 aliphatic rings. The van der Waals surface area contributed by atoms with Crippen molar-refractivity contribution >= 4 is 5.97 Å². The minimum atomic E-state index is -0.989. The summed E-state index contributed by atoms with van der Waals surface area (Å²) in [6.07, 6.45) is 8.59. The number of hydrogen-bond acceptors (Lipinski definition) is 2. The molecule has 0 N–H and O–H groups in total. The summed E-state index contributed by atoms with van der Waals surface area (Å²) < 4.78 is 0.527. The first kappa shape index (κ1) is 10.1. The zero-order valence-corrected chi connectivity index (χ0v) is 7.79. The molecular formula is C10H15NO2. The van der Waals surface area contributed by atoms with E-state index in [1.807, 2.05) is 0 Å². The molecule has 13 heavy (non-hydrogen) atoms. The number of rotatable bonds is 3. The lowest BCUT2D eigenvalue weighted by atomic mass is 10.1. The first-order valence-corrected chi connectivity index (χ1v) is 4.67. The summed E-state index contributed by atoms with van der Waals surface area (Å²) in [7, 11) is 0. The highest BCUT2D eigenvalue weighted by Crippen LogP contribution is 2.17. The number of carbonyl (C=O) groups excluding carboxylic acids is 1. The Kier molecular flexibility index (Phi) is 3.32. The first-order valence-electron chi connectivity index (χ1n) is 4.67. The van der Waals surface area contributed by atoms with Crippen molar-refractivity contribution in [2.24, 2.45) is 0 Å². The van der Waals surface area contributed by atoms with Crippen molar-refractivity contribution in [3.63, 3.8) is 0 Å². The van der Waals surface area contributed by atoms with Gasteiger partial charge in [-0.2, -0.15) is 0 Å². The number of likely N-dealkylation sites (tertiary alicyclic amines) is 1. The van der Waals surface area contributed by atoms with Gasteiger partial charge in [0.05, 0.1) is 19.1 Å². The van der Waals surface area contributed by atoms with E-state index in [2.05, 4.69) is 5.92 Å². The van der Waals surface area contributed by atoms with E-state index >= 15 is 0 Å². The number of carboxylic acid groups (broad SMARTS) is 1.